The second-order valence-corrected chi connectivity index (χ2v) is 6.40. The second-order valence-electron chi connectivity index (χ2n) is 6.00. The Bertz CT molecular complexity index is 1040. The highest BCUT2D eigenvalue weighted by atomic mass is 35.5. The van der Waals surface area contributed by atoms with Gasteiger partial charge in [0.2, 0.25) is 0 Å². The van der Waals surface area contributed by atoms with E-state index < -0.39 is 24.4 Å². The molecule has 0 saturated carbocycles. The summed E-state index contributed by atoms with van der Waals surface area (Å²) in [5.74, 6) is -0.753. The van der Waals surface area contributed by atoms with Gasteiger partial charge in [0, 0.05) is 0 Å². The molecule has 0 spiro atoms. The fourth-order valence-electron chi connectivity index (χ4n) is 2.37. The van der Waals surface area contributed by atoms with Crippen molar-refractivity contribution in [2.24, 2.45) is 0 Å². The maximum atomic E-state index is 12.1. The minimum atomic E-state index is -0.701. The monoisotopic (exact) mass is 424 g/mol. The van der Waals surface area contributed by atoms with Crippen LogP contribution in [0.15, 0.2) is 78.9 Å². The Balaban J connectivity index is 1.45. The molecule has 0 radical (unpaired) electrons. The summed E-state index contributed by atoms with van der Waals surface area (Å²) in [6, 6.07) is 21.9. The Morgan fingerprint density at radius 1 is 0.767 bits per heavy atom. The predicted molar refractivity (Wildman–Crippen MR) is 110 cm³/mol. The Hall–Kier alpha value is -3.84. The zero-order valence-corrected chi connectivity index (χ0v) is 16.4. The molecule has 0 fully saturated rings. The summed E-state index contributed by atoms with van der Waals surface area (Å²) >= 11 is 5.91. The number of hydrogen-bond acceptors (Lipinski definition) is 5. The van der Waals surface area contributed by atoms with Gasteiger partial charge in [0.25, 0.3) is 11.8 Å². The number of halogens is 1. The standard InChI is InChI=1S/C22H17ClN2O5/c23-19-9-5-4-8-18(19)21(27)25-24-20(26)14-29-22(28)15-10-12-17(13-11-15)30-16-6-2-1-3-7-16/h1-13H,14H2,(H,24,26)(H,25,27). The van der Waals surface area contributed by atoms with Gasteiger partial charge >= 0.3 is 5.97 Å². The van der Waals surface area contributed by atoms with Crippen LogP contribution in [0.4, 0.5) is 0 Å². The van der Waals surface area contributed by atoms with Crippen molar-refractivity contribution in [3.05, 3.63) is 95.0 Å². The summed E-state index contributed by atoms with van der Waals surface area (Å²) in [5, 5.41) is 0.246. The van der Waals surface area contributed by atoms with Gasteiger partial charge in [0.15, 0.2) is 6.61 Å². The topological polar surface area (TPSA) is 93.7 Å². The molecule has 0 aliphatic carbocycles. The van der Waals surface area contributed by atoms with Crippen LogP contribution in [0.5, 0.6) is 11.5 Å². The quantitative estimate of drug-likeness (QED) is 0.464. The first-order valence-electron chi connectivity index (χ1n) is 8.87. The number of nitrogens with one attached hydrogen (secondary N) is 2. The van der Waals surface area contributed by atoms with E-state index in [1.165, 1.54) is 18.2 Å². The number of para-hydroxylation sites is 1. The van der Waals surface area contributed by atoms with Crippen LogP contribution in [0.1, 0.15) is 20.7 Å². The van der Waals surface area contributed by atoms with E-state index in [4.69, 9.17) is 21.1 Å². The highest BCUT2D eigenvalue weighted by molar-refractivity contribution is 6.33. The molecule has 0 saturated heterocycles. The molecule has 7 nitrogen and oxygen atoms in total. The van der Waals surface area contributed by atoms with Gasteiger partial charge in [-0.1, -0.05) is 41.9 Å². The Morgan fingerprint density at radius 2 is 1.40 bits per heavy atom. The van der Waals surface area contributed by atoms with E-state index in [0.717, 1.165) is 0 Å². The number of amides is 2. The number of benzene rings is 3. The minimum Gasteiger partial charge on any atom is -0.457 e. The minimum absolute atomic E-state index is 0.203. The number of ether oxygens (including phenoxy) is 2. The van der Waals surface area contributed by atoms with Crippen LogP contribution in [0, 0.1) is 0 Å². The van der Waals surface area contributed by atoms with E-state index >= 15 is 0 Å². The van der Waals surface area contributed by atoms with Crippen molar-refractivity contribution in [3.8, 4) is 11.5 Å². The number of hydrazine groups is 1. The zero-order chi connectivity index (χ0) is 21.3. The van der Waals surface area contributed by atoms with Gasteiger partial charge in [0.05, 0.1) is 16.1 Å². The Kier molecular flexibility index (Phi) is 7.02. The number of hydrogen-bond donors (Lipinski definition) is 2. The van der Waals surface area contributed by atoms with Gasteiger partial charge in [-0.15, -0.1) is 0 Å². The average Bonchev–Trinajstić information content (AvgIpc) is 2.77. The van der Waals surface area contributed by atoms with Gasteiger partial charge in [-0.3, -0.25) is 20.4 Å². The molecule has 0 aromatic heterocycles. The predicted octanol–water partition coefficient (Wildman–Crippen LogP) is 3.75. The molecule has 8 heteroatoms. The first kappa shape index (κ1) is 20.9. The van der Waals surface area contributed by atoms with Crippen LogP contribution in [0.2, 0.25) is 5.02 Å². The number of esters is 1. The van der Waals surface area contributed by atoms with Crippen molar-refractivity contribution < 1.29 is 23.9 Å². The average molecular weight is 425 g/mol. The molecular formula is C22H17ClN2O5. The van der Waals surface area contributed by atoms with Gasteiger partial charge < -0.3 is 9.47 Å². The SMILES string of the molecule is O=C(COC(=O)c1ccc(Oc2ccccc2)cc1)NNC(=O)c1ccccc1Cl. The lowest BCUT2D eigenvalue weighted by Gasteiger charge is -2.09. The van der Waals surface area contributed by atoms with Gasteiger partial charge in [-0.2, -0.15) is 0 Å². The van der Waals surface area contributed by atoms with Crippen LogP contribution in [0.25, 0.3) is 0 Å². The lowest BCUT2D eigenvalue weighted by atomic mass is 10.2. The van der Waals surface area contributed by atoms with E-state index in [9.17, 15) is 14.4 Å². The lowest BCUT2D eigenvalue weighted by molar-refractivity contribution is -0.125. The number of carbonyl (C=O) groups is 3. The van der Waals surface area contributed by atoms with Crippen molar-refractivity contribution in [1.29, 1.82) is 0 Å². The normalized spacial score (nSPS) is 10.0. The molecule has 0 aliphatic heterocycles. The summed E-state index contributed by atoms with van der Waals surface area (Å²) in [5.41, 5.74) is 4.82. The number of carbonyl (C=O) groups excluding carboxylic acids is 3. The Morgan fingerprint density at radius 3 is 2.10 bits per heavy atom. The highest BCUT2D eigenvalue weighted by Crippen LogP contribution is 2.21. The molecule has 0 heterocycles. The zero-order valence-electron chi connectivity index (χ0n) is 15.6. The third kappa shape index (κ3) is 5.83. The van der Waals surface area contributed by atoms with Crippen LogP contribution in [-0.4, -0.2) is 24.4 Å². The largest absolute Gasteiger partial charge is 0.457 e. The Labute approximate surface area is 177 Å². The van der Waals surface area contributed by atoms with E-state index in [0.29, 0.717) is 11.5 Å². The summed E-state index contributed by atoms with van der Waals surface area (Å²) in [7, 11) is 0. The van der Waals surface area contributed by atoms with E-state index in [1.54, 1.807) is 30.3 Å². The summed E-state index contributed by atoms with van der Waals surface area (Å²) < 4.78 is 10.6. The molecule has 0 atom stereocenters. The van der Waals surface area contributed by atoms with E-state index in [1.807, 2.05) is 30.3 Å². The third-order valence-electron chi connectivity index (χ3n) is 3.84. The van der Waals surface area contributed by atoms with Gasteiger partial charge in [0.1, 0.15) is 11.5 Å². The molecule has 0 bridgehead atoms. The van der Waals surface area contributed by atoms with Crippen molar-refractivity contribution in [1.82, 2.24) is 10.9 Å². The number of rotatable bonds is 6. The molecule has 30 heavy (non-hydrogen) atoms. The van der Waals surface area contributed by atoms with E-state index in [2.05, 4.69) is 10.9 Å². The van der Waals surface area contributed by atoms with Crippen LogP contribution in [0.3, 0.4) is 0 Å². The summed E-state index contributed by atoms with van der Waals surface area (Å²) in [6.45, 7) is -0.566. The first-order valence-corrected chi connectivity index (χ1v) is 9.24. The van der Waals surface area contributed by atoms with Gasteiger partial charge in [-0.25, -0.2) is 4.79 Å². The summed E-state index contributed by atoms with van der Waals surface area (Å²) in [6.07, 6.45) is 0. The molecular weight excluding hydrogens is 408 g/mol. The first-order chi connectivity index (χ1) is 14.5. The molecule has 0 aliphatic rings. The van der Waals surface area contributed by atoms with Crippen molar-refractivity contribution >= 4 is 29.4 Å². The highest BCUT2D eigenvalue weighted by Gasteiger charge is 2.13. The lowest BCUT2D eigenvalue weighted by Crippen LogP contribution is -2.43. The molecule has 3 aromatic carbocycles. The molecule has 2 N–H and O–H groups in total. The smallest absolute Gasteiger partial charge is 0.338 e. The van der Waals surface area contributed by atoms with Crippen LogP contribution >= 0.6 is 11.6 Å². The van der Waals surface area contributed by atoms with Crippen LogP contribution in [-0.2, 0) is 9.53 Å². The van der Waals surface area contributed by atoms with Crippen LogP contribution < -0.4 is 15.6 Å². The maximum absolute atomic E-state index is 12.1. The third-order valence-corrected chi connectivity index (χ3v) is 4.17. The van der Waals surface area contributed by atoms with Crippen molar-refractivity contribution in [2.45, 2.75) is 0 Å². The molecule has 2 amide bonds. The molecule has 3 rings (SSSR count). The summed E-state index contributed by atoms with van der Waals surface area (Å²) in [4.78, 5) is 35.8. The fraction of sp³-hybridized carbons (Fsp3) is 0.0455. The fourth-order valence-corrected chi connectivity index (χ4v) is 2.59. The van der Waals surface area contributed by atoms with Gasteiger partial charge in [-0.05, 0) is 48.5 Å². The second kappa shape index (κ2) is 10.1. The molecule has 152 valence electrons. The van der Waals surface area contributed by atoms with Crippen molar-refractivity contribution in [3.63, 3.8) is 0 Å². The van der Waals surface area contributed by atoms with Crippen molar-refractivity contribution in [2.75, 3.05) is 6.61 Å². The maximum Gasteiger partial charge on any atom is 0.338 e. The van der Waals surface area contributed by atoms with E-state index in [-0.39, 0.29) is 16.1 Å². The molecule has 3 aromatic rings. The molecule has 0 unspecified atom stereocenters.